The first-order valence-corrected chi connectivity index (χ1v) is 28.8. The molecule has 0 aromatic carbocycles. The standard InChI is InChI=1S/C60H109NO8/c1-6-8-10-12-14-16-18-20-22-23-24-25-26-27-28-29-30-31-32-33-34-35-37-39-41-43-45-47-49-51-58(63)69-56(55-68-60(59(64)65)66-53-52-61(3,4)5)54-67-57(62)50-48-46-44-42-40-38-36-21-19-17-15-13-11-9-7-2/h8,10,14,16,20,22,24-25,56,60H,6-7,9,11-13,15,17-19,21,23,26-55H2,1-5H3/b10-8-,16-14-,22-20-,25-24-. The third-order valence-corrected chi connectivity index (χ3v) is 12.6. The van der Waals surface area contributed by atoms with E-state index in [-0.39, 0.29) is 32.2 Å². The number of carbonyl (C=O) groups is 3. The number of carboxylic acids is 1. The molecule has 0 amide bonds. The van der Waals surface area contributed by atoms with Crippen molar-refractivity contribution in [3.63, 3.8) is 0 Å². The molecular weight excluding hydrogens is 863 g/mol. The fourth-order valence-corrected chi connectivity index (χ4v) is 8.18. The van der Waals surface area contributed by atoms with E-state index < -0.39 is 24.3 Å². The van der Waals surface area contributed by atoms with Crippen LogP contribution >= 0.6 is 0 Å². The second-order valence-electron chi connectivity index (χ2n) is 20.6. The Morgan fingerprint density at radius 2 is 0.826 bits per heavy atom. The molecule has 0 aliphatic heterocycles. The van der Waals surface area contributed by atoms with Gasteiger partial charge in [-0.1, -0.05) is 242 Å². The fraction of sp³-hybridized carbons (Fsp3) is 0.817. The highest BCUT2D eigenvalue weighted by atomic mass is 16.7. The van der Waals surface area contributed by atoms with E-state index in [1.54, 1.807) is 0 Å². The van der Waals surface area contributed by atoms with Crippen LogP contribution in [0.15, 0.2) is 48.6 Å². The summed E-state index contributed by atoms with van der Waals surface area (Å²) in [5, 5.41) is 11.8. The van der Waals surface area contributed by atoms with Crippen molar-refractivity contribution in [2.24, 2.45) is 0 Å². The number of quaternary nitrogens is 1. The summed E-state index contributed by atoms with van der Waals surface area (Å²) < 4.78 is 22.7. The zero-order valence-electron chi connectivity index (χ0n) is 45.7. The second-order valence-corrected chi connectivity index (χ2v) is 20.6. The first-order valence-electron chi connectivity index (χ1n) is 28.8. The van der Waals surface area contributed by atoms with Crippen LogP contribution in [-0.4, -0.2) is 82.3 Å². The molecule has 0 rings (SSSR count). The van der Waals surface area contributed by atoms with E-state index in [4.69, 9.17) is 18.9 Å². The molecule has 69 heavy (non-hydrogen) atoms. The number of rotatable bonds is 53. The summed E-state index contributed by atoms with van der Waals surface area (Å²) in [5.41, 5.74) is 0. The van der Waals surface area contributed by atoms with Crippen LogP contribution in [0.25, 0.3) is 0 Å². The third-order valence-electron chi connectivity index (χ3n) is 12.6. The molecule has 0 aliphatic carbocycles. The number of hydrogen-bond donors (Lipinski definition) is 0. The predicted octanol–water partition coefficient (Wildman–Crippen LogP) is 15.3. The van der Waals surface area contributed by atoms with Gasteiger partial charge in [-0.05, 0) is 51.4 Å². The average Bonchev–Trinajstić information content (AvgIpc) is 3.31. The van der Waals surface area contributed by atoms with Gasteiger partial charge in [-0.15, -0.1) is 0 Å². The normalized spacial score (nSPS) is 13.1. The van der Waals surface area contributed by atoms with Crippen molar-refractivity contribution in [2.45, 2.75) is 270 Å². The highest BCUT2D eigenvalue weighted by molar-refractivity contribution is 5.70. The zero-order valence-corrected chi connectivity index (χ0v) is 45.7. The Hall–Kier alpha value is -2.75. The molecule has 0 heterocycles. The van der Waals surface area contributed by atoms with E-state index in [9.17, 15) is 19.5 Å². The maximum Gasteiger partial charge on any atom is 0.306 e. The lowest BCUT2D eigenvalue weighted by Gasteiger charge is -2.26. The molecule has 0 N–H and O–H groups in total. The molecule has 0 saturated heterocycles. The van der Waals surface area contributed by atoms with Gasteiger partial charge in [0.25, 0.3) is 0 Å². The Morgan fingerprint density at radius 1 is 0.449 bits per heavy atom. The largest absolute Gasteiger partial charge is 0.545 e. The van der Waals surface area contributed by atoms with E-state index in [1.807, 2.05) is 21.1 Å². The van der Waals surface area contributed by atoms with Gasteiger partial charge in [0, 0.05) is 12.8 Å². The lowest BCUT2D eigenvalue weighted by Crippen LogP contribution is -2.44. The fourth-order valence-electron chi connectivity index (χ4n) is 8.18. The van der Waals surface area contributed by atoms with Crippen molar-refractivity contribution in [2.75, 3.05) is 47.5 Å². The topological polar surface area (TPSA) is 111 Å². The lowest BCUT2D eigenvalue weighted by atomic mass is 10.0. The molecule has 0 fully saturated rings. The quantitative estimate of drug-likeness (QED) is 0.0195. The molecule has 0 radical (unpaired) electrons. The molecule has 0 spiro atoms. The van der Waals surface area contributed by atoms with Crippen molar-refractivity contribution >= 4 is 17.9 Å². The third kappa shape index (κ3) is 52.9. The zero-order chi connectivity index (χ0) is 50.6. The van der Waals surface area contributed by atoms with Gasteiger partial charge in [-0.3, -0.25) is 9.59 Å². The van der Waals surface area contributed by atoms with Gasteiger partial charge in [-0.2, -0.15) is 0 Å². The van der Waals surface area contributed by atoms with Crippen LogP contribution in [0.4, 0.5) is 0 Å². The minimum atomic E-state index is -1.62. The number of aliphatic carboxylic acids is 1. The van der Waals surface area contributed by atoms with Crippen molar-refractivity contribution in [3.8, 4) is 0 Å². The predicted molar refractivity (Wildman–Crippen MR) is 288 cm³/mol. The number of ether oxygens (including phenoxy) is 4. The second kappa shape index (κ2) is 51.6. The molecule has 2 atom stereocenters. The number of esters is 2. The maximum atomic E-state index is 12.9. The highest BCUT2D eigenvalue weighted by Gasteiger charge is 2.22. The van der Waals surface area contributed by atoms with Crippen LogP contribution in [0.1, 0.15) is 258 Å². The first kappa shape index (κ1) is 66.2. The van der Waals surface area contributed by atoms with Gasteiger partial charge < -0.3 is 33.3 Å². The molecule has 0 aromatic heterocycles. The number of carboxylic acid groups (broad SMARTS) is 1. The summed E-state index contributed by atoms with van der Waals surface area (Å²) >= 11 is 0. The summed E-state index contributed by atoms with van der Waals surface area (Å²) in [4.78, 5) is 37.2. The Balaban J connectivity index is 4.16. The van der Waals surface area contributed by atoms with Crippen LogP contribution in [0, 0.1) is 0 Å². The molecule has 0 aliphatic rings. The highest BCUT2D eigenvalue weighted by Crippen LogP contribution is 2.17. The van der Waals surface area contributed by atoms with Crippen LogP contribution in [0.3, 0.4) is 0 Å². The van der Waals surface area contributed by atoms with Gasteiger partial charge in [0.05, 0.1) is 40.3 Å². The van der Waals surface area contributed by atoms with Crippen LogP contribution in [-0.2, 0) is 33.3 Å². The number of carbonyl (C=O) groups excluding carboxylic acids is 3. The minimum absolute atomic E-state index is 0.149. The van der Waals surface area contributed by atoms with Gasteiger partial charge in [-0.25, -0.2) is 0 Å². The van der Waals surface area contributed by atoms with E-state index >= 15 is 0 Å². The van der Waals surface area contributed by atoms with E-state index in [0.29, 0.717) is 23.9 Å². The molecule has 0 bridgehead atoms. The molecule has 402 valence electrons. The monoisotopic (exact) mass is 972 g/mol. The molecular formula is C60H109NO8. The van der Waals surface area contributed by atoms with Crippen LogP contribution in [0.2, 0.25) is 0 Å². The maximum absolute atomic E-state index is 12.9. The smallest absolute Gasteiger partial charge is 0.306 e. The minimum Gasteiger partial charge on any atom is -0.545 e. The van der Waals surface area contributed by atoms with Gasteiger partial charge in [0.1, 0.15) is 13.2 Å². The van der Waals surface area contributed by atoms with Crippen molar-refractivity contribution in [1.82, 2.24) is 0 Å². The van der Waals surface area contributed by atoms with Crippen molar-refractivity contribution < 1.29 is 42.9 Å². The summed E-state index contributed by atoms with van der Waals surface area (Å²) in [5.74, 6) is -2.27. The van der Waals surface area contributed by atoms with E-state index in [1.165, 1.54) is 167 Å². The van der Waals surface area contributed by atoms with Gasteiger partial charge in [0.2, 0.25) is 0 Å². The number of hydrogen-bond acceptors (Lipinski definition) is 8. The molecule has 2 unspecified atom stereocenters. The Morgan fingerprint density at radius 3 is 1.23 bits per heavy atom. The molecule has 9 nitrogen and oxygen atoms in total. The number of likely N-dealkylation sites (N-methyl/N-ethyl adjacent to an activating group) is 1. The van der Waals surface area contributed by atoms with E-state index in [2.05, 4.69) is 62.5 Å². The van der Waals surface area contributed by atoms with Gasteiger partial charge in [0.15, 0.2) is 12.4 Å². The van der Waals surface area contributed by atoms with Crippen LogP contribution < -0.4 is 5.11 Å². The number of allylic oxidation sites excluding steroid dienone is 8. The first-order chi connectivity index (χ1) is 33.6. The lowest BCUT2D eigenvalue weighted by molar-refractivity contribution is -0.870. The Kier molecular flexibility index (Phi) is 49.5. The Labute approximate surface area is 425 Å². The molecule has 9 heteroatoms. The van der Waals surface area contributed by atoms with Crippen molar-refractivity contribution in [1.29, 1.82) is 0 Å². The summed E-state index contributed by atoms with van der Waals surface area (Å²) in [6.07, 6.45) is 60.2. The van der Waals surface area contributed by atoms with Crippen LogP contribution in [0.5, 0.6) is 0 Å². The Bertz CT molecular complexity index is 1270. The summed E-state index contributed by atoms with van der Waals surface area (Å²) in [6.45, 7) is 4.67. The van der Waals surface area contributed by atoms with Gasteiger partial charge >= 0.3 is 11.9 Å². The number of nitrogens with zero attached hydrogens (tertiary/aromatic N) is 1. The molecule has 0 aromatic rings. The molecule has 0 saturated carbocycles. The summed E-state index contributed by atoms with van der Waals surface area (Å²) in [7, 11) is 5.93. The summed E-state index contributed by atoms with van der Waals surface area (Å²) in [6, 6.07) is 0. The average molecular weight is 973 g/mol. The SMILES string of the molecule is CC/C=C\C/C=C\C/C=C\C/C=C\CCCCCCCCCCCCCCCCCCC(=O)OC(COC(=O)CCCCCCCCCCCCCCCCC)COC(OCC[N+](C)(C)C)C(=O)[O-]. The van der Waals surface area contributed by atoms with Crippen molar-refractivity contribution in [3.05, 3.63) is 48.6 Å². The van der Waals surface area contributed by atoms with E-state index in [0.717, 1.165) is 57.8 Å². The number of unbranched alkanes of at least 4 members (excludes halogenated alkanes) is 30.